The van der Waals surface area contributed by atoms with E-state index in [1.807, 2.05) is 6.07 Å². The molecule has 18 heavy (non-hydrogen) atoms. The van der Waals surface area contributed by atoms with Crippen LogP contribution in [0.15, 0.2) is 24.3 Å². The molecule has 2 aromatic rings. The number of pyridine rings is 1. The van der Waals surface area contributed by atoms with E-state index in [1.54, 1.807) is 6.07 Å². The summed E-state index contributed by atoms with van der Waals surface area (Å²) in [5.41, 5.74) is 0.717. The second-order valence-corrected chi connectivity index (χ2v) is 3.35. The van der Waals surface area contributed by atoms with Crippen LogP contribution < -0.4 is 28.7 Å². The molecule has 0 aliphatic heterocycles. The number of ether oxygens (including phenoxy) is 1. The monoisotopic (exact) mass is 234 g/mol. The second kappa shape index (κ2) is 5.55. The van der Waals surface area contributed by atoms with Gasteiger partial charge in [-0.2, -0.15) is 5.26 Å². The average Bonchev–Trinajstić information content (AvgIpc) is 2.36. The van der Waals surface area contributed by atoms with Gasteiger partial charge in [-0.15, -0.1) is 0 Å². The Hall–Kier alpha value is -2.01. The van der Waals surface area contributed by atoms with E-state index < -0.39 is 5.97 Å². The minimum absolute atomic E-state index is 0. The zero-order chi connectivity index (χ0) is 12.4. The summed E-state index contributed by atoms with van der Waals surface area (Å²) in [4.78, 5) is 14.9. The van der Waals surface area contributed by atoms with Crippen molar-refractivity contribution in [2.75, 3.05) is 7.11 Å². The first-order valence-corrected chi connectivity index (χ1v) is 4.76. The number of hydrogen-bond acceptors (Lipinski definition) is 5. The number of carboxylic acids is 1. The molecule has 0 radical (unpaired) electrons. The molecule has 0 aliphatic rings. The molecule has 0 amide bonds. The molecular formula is C12H7LiN2O3. The van der Waals surface area contributed by atoms with E-state index in [4.69, 9.17) is 10.00 Å². The maximum absolute atomic E-state index is 10.8. The van der Waals surface area contributed by atoms with Gasteiger partial charge in [0.15, 0.2) is 0 Å². The molecule has 0 atom stereocenters. The van der Waals surface area contributed by atoms with Crippen molar-refractivity contribution in [3.05, 3.63) is 35.5 Å². The second-order valence-electron chi connectivity index (χ2n) is 3.35. The van der Waals surface area contributed by atoms with Crippen molar-refractivity contribution < 1.29 is 33.5 Å². The maximum atomic E-state index is 10.8. The molecule has 1 heterocycles. The summed E-state index contributed by atoms with van der Waals surface area (Å²) in [5, 5.41) is 20.1. The van der Waals surface area contributed by atoms with Gasteiger partial charge in [0.1, 0.15) is 23.0 Å². The standard InChI is InChI=1S/C12H8N2O3.Li/c1-17-10-5-8(12(15)16)4-7-2-3-9(6-13)14-11(7)10;/h2-5H,1H3,(H,15,16);/q;+1/p-1. The minimum Gasteiger partial charge on any atom is -0.545 e. The molecule has 6 heteroatoms. The van der Waals surface area contributed by atoms with Gasteiger partial charge in [0.2, 0.25) is 0 Å². The first-order valence-electron chi connectivity index (χ1n) is 4.76. The number of benzene rings is 1. The number of rotatable bonds is 2. The van der Waals surface area contributed by atoms with Gasteiger partial charge in [-0.1, -0.05) is 0 Å². The minimum atomic E-state index is -1.28. The number of aromatic carboxylic acids is 1. The number of aromatic nitrogens is 1. The number of nitriles is 1. The fourth-order valence-corrected chi connectivity index (χ4v) is 1.54. The molecule has 1 aromatic carbocycles. The number of nitrogens with zero attached hydrogens (tertiary/aromatic N) is 2. The summed E-state index contributed by atoms with van der Waals surface area (Å²) in [6, 6.07) is 7.81. The molecule has 2 rings (SSSR count). The molecule has 0 unspecified atom stereocenters. The zero-order valence-corrected chi connectivity index (χ0v) is 9.93. The fourth-order valence-electron chi connectivity index (χ4n) is 1.54. The quantitative estimate of drug-likeness (QED) is 0.535. The summed E-state index contributed by atoms with van der Waals surface area (Å²) in [6.07, 6.45) is 0. The van der Waals surface area contributed by atoms with Gasteiger partial charge in [0.25, 0.3) is 0 Å². The van der Waals surface area contributed by atoms with E-state index in [0.29, 0.717) is 16.7 Å². The Balaban J connectivity index is 0.00000162. The van der Waals surface area contributed by atoms with E-state index in [-0.39, 0.29) is 30.1 Å². The number of fused-ring (bicyclic) bond motifs is 1. The fraction of sp³-hybridized carbons (Fsp3) is 0.0833. The summed E-state index contributed by atoms with van der Waals surface area (Å²) in [6.45, 7) is 0. The number of carbonyl (C=O) groups is 1. The van der Waals surface area contributed by atoms with E-state index >= 15 is 0 Å². The number of methoxy groups -OCH3 is 1. The van der Waals surface area contributed by atoms with E-state index in [2.05, 4.69) is 4.98 Å². The Kier molecular flexibility index (Phi) is 4.33. The Morgan fingerprint density at radius 2 is 2.17 bits per heavy atom. The van der Waals surface area contributed by atoms with Crippen LogP contribution >= 0.6 is 0 Å². The third kappa shape index (κ3) is 2.46. The maximum Gasteiger partial charge on any atom is 1.00 e. The molecule has 1 aromatic heterocycles. The van der Waals surface area contributed by atoms with Gasteiger partial charge < -0.3 is 14.6 Å². The molecule has 0 N–H and O–H groups in total. The van der Waals surface area contributed by atoms with Crippen molar-refractivity contribution in [2.24, 2.45) is 0 Å². The van der Waals surface area contributed by atoms with Gasteiger partial charge in [0, 0.05) is 10.9 Å². The molecule has 0 aliphatic carbocycles. The van der Waals surface area contributed by atoms with Crippen LogP contribution in [0.4, 0.5) is 0 Å². The number of carboxylic acid groups (broad SMARTS) is 1. The Morgan fingerprint density at radius 3 is 2.72 bits per heavy atom. The smallest absolute Gasteiger partial charge is 0.545 e. The van der Waals surface area contributed by atoms with Crippen molar-refractivity contribution in [3.63, 3.8) is 0 Å². The molecule has 0 saturated heterocycles. The van der Waals surface area contributed by atoms with E-state index in [1.165, 1.54) is 25.3 Å². The predicted octanol–water partition coefficient (Wildman–Crippen LogP) is -2.52. The van der Waals surface area contributed by atoms with Crippen LogP contribution in [0.25, 0.3) is 10.9 Å². The molecule has 0 spiro atoms. The van der Waals surface area contributed by atoms with Crippen molar-refractivity contribution in [1.82, 2.24) is 4.98 Å². The zero-order valence-electron chi connectivity index (χ0n) is 9.93. The predicted molar refractivity (Wildman–Crippen MR) is 57.3 cm³/mol. The van der Waals surface area contributed by atoms with Gasteiger partial charge in [-0.3, -0.25) is 0 Å². The van der Waals surface area contributed by atoms with Crippen molar-refractivity contribution in [3.8, 4) is 11.8 Å². The van der Waals surface area contributed by atoms with Crippen LogP contribution in [0.2, 0.25) is 0 Å². The van der Waals surface area contributed by atoms with Gasteiger partial charge >= 0.3 is 18.9 Å². The van der Waals surface area contributed by atoms with Crippen molar-refractivity contribution in [1.29, 1.82) is 5.26 Å². The van der Waals surface area contributed by atoms with E-state index in [0.717, 1.165) is 0 Å². The van der Waals surface area contributed by atoms with Crippen molar-refractivity contribution in [2.45, 2.75) is 0 Å². The molecular weight excluding hydrogens is 227 g/mol. The molecule has 5 nitrogen and oxygen atoms in total. The molecule has 0 saturated carbocycles. The van der Waals surface area contributed by atoms with Crippen LogP contribution in [-0.4, -0.2) is 18.1 Å². The average molecular weight is 234 g/mol. The summed E-state index contributed by atoms with van der Waals surface area (Å²) in [5.74, 6) is -0.978. The summed E-state index contributed by atoms with van der Waals surface area (Å²) < 4.78 is 5.05. The van der Waals surface area contributed by atoms with E-state index in [9.17, 15) is 9.90 Å². The number of carbonyl (C=O) groups excluding carboxylic acids is 1. The first kappa shape index (κ1) is 14.0. The van der Waals surface area contributed by atoms with Crippen molar-refractivity contribution >= 4 is 16.9 Å². The molecule has 84 valence electrons. The van der Waals surface area contributed by atoms with Gasteiger partial charge in [-0.05, 0) is 24.3 Å². The van der Waals surface area contributed by atoms with Crippen LogP contribution in [0, 0.1) is 11.3 Å². The first-order chi connectivity index (χ1) is 8.15. The third-order valence-corrected chi connectivity index (χ3v) is 2.33. The van der Waals surface area contributed by atoms with Crippen LogP contribution in [0.5, 0.6) is 5.75 Å². The van der Waals surface area contributed by atoms with Crippen LogP contribution in [-0.2, 0) is 0 Å². The van der Waals surface area contributed by atoms with Gasteiger partial charge in [-0.25, -0.2) is 4.98 Å². The molecule has 0 fully saturated rings. The Labute approximate surface area is 115 Å². The van der Waals surface area contributed by atoms with Crippen LogP contribution in [0.1, 0.15) is 16.1 Å². The summed E-state index contributed by atoms with van der Waals surface area (Å²) in [7, 11) is 1.41. The number of hydrogen-bond donors (Lipinski definition) is 0. The van der Waals surface area contributed by atoms with Gasteiger partial charge in [0.05, 0.1) is 13.1 Å². The normalized spacial score (nSPS) is 9.33. The topological polar surface area (TPSA) is 86.0 Å². The summed E-state index contributed by atoms with van der Waals surface area (Å²) >= 11 is 0. The Bertz CT molecular complexity index is 650. The third-order valence-electron chi connectivity index (χ3n) is 2.33. The SMILES string of the molecule is COc1cc(C(=O)[O-])cc2ccc(C#N)nc12.[Li+]. The molecule has 0 bridgehead atoms. The largest absolute Gasteiger partial charge is 1.00 e. The Morgan fingerprint density at radius 1 is 1.44 bits per heavy atom. The van der Waals surface area contributed by atoms with Crippen LogP contribution in [0.3, 0.4) is 0 Å².